The molecule has 4 aromatic carbocycles. The van der Waals surface area contributed by atoms with Crippen molar-refractivity contribution in [2.75, 3.05) is 7.05 Å². The summed E-state index contributed by atoms with van der Waals surface area (Å²) in [5.74, 6) is 0.893. The van der Waals surface area contributed by atoms with E-state index in [1.165, 1.54) is 27.3 Å². The van der Waals surface area contributed by atoms with Crippen LogP contribution in [0.4, 0.5) is 0 Å². The molecule has 0 aliphatic rings. The highest BCUT2D eigenvalue weighted by molar-refractivity contribution is 6.01. The van der Waals surface area contributed by atoms with Crippen LogP contribution in [0.5, 0.6) is 0 Å². The van der Waals surface area contributed by atoms with E-state index in [4.69, 9.17) is 0 Å². The van der Waals surface area contributed by atoms with Crippen LogP contribution in [-0.4, -0.2) is 39.6 Å². The number of nitrogens with one attached hydrogen (secondary N) is 5. The number of nitrogens with zero attached hydrogens (tertiary/aromatic N) is 1. The molecule has 0 aliphatic heterocycles. The molecule has 0 saturated heterocycles. The maximum atomic E-state index is 9.39. The Morgan fingerprint density at radius 3 is 2.07 bits per heavy atom. The molecule has 0 fully saturated rings. The standard InChI is InChI=1S/C35H36N6/c1-38-33(20-27-22-40-32-18-7-5-16-30(27)32)35(37)41(23-26-13-8-11-24-10-2-3-14-28(24)26)34(36)19-9-12-25-21-39-31-17-6-4-15-29(25)31/h2-8,10-11,13-18,21-22,33,36-40H,9,12,19-20,23H2,1H3/t33-/m1/s1. The zero-order valence-corrected chi connectivity index (χ0v) is 23.4. The number of aryl methyl sites for hydroxylation is 1. The first-order valence-electron chi connectivity index (χ1n) is 14.3. The second-order valence-corrected chi connectivity index (χ2v) is 10.7. The van der Waals surface area contributed by atoms with E-state index in [0.717, 1.165) is 34.8 Å². The van der Waals surface area contributed by atoms with Gasteiger partial charge in [0.05, 0.1) is 12.6 Å². The van der Waals surface area contributed by atoms with Crippen LogP contribution in [-0.2, 0) is 19.4 Å². The van der Waals surface area contributed by atoms with E-state index < -0.39 is 0 Å². The largest absolute Gasteiger partial charge is 0.361 e. The van der Waals surface area contributed by atoms with Gasteiger partial charge in [0.25, 0.3) is 0 Å². The molecule has 6 aromatic rings. The van der Waals surface area contributed by atoms with Crippen LogP contribution in [0.3, 0.4) is 0 Å². The van der Waals surface area contributed by atoms with Gasteiger partial charge in [0.1, 0.15) is 11.7 Å². The van der Waals surface area contributed by atoms with Crippen molar-refractivity contribution in [3.8, 4) is 0 Å². The highest BCUT2D eigenvalue weighted by atomic mass is 15.2. The molecule has 0 radical (unpaired) electrons. The Labute approximate surface area is 240 Å². The molecular weight excluding hydrogens is 504 g/mol. The van der Waals surface area contributed by atoms with E-state index >= 15 is 0 Å². The number of hydrogen-bond donors (Lipinski definition) is 5. The third kappa shape index (κ3) is 5.52. The van der Waals surface area contributed by atoms with Gasteiger partial charge in [-0.1, -0.05) is 78.9 Å². The topological polar surface area (TPSA) is 94.6 Å². The minimum Gasteiger partial charge on any atom is -0.361 e. The van der Waals surface area contributed by atoms with E-state index in [9.17, 15) is 10.8 Å². The predicted octanol–water partition coefficient (Wildman–Crippen LogP) is 7.41. The van der Waals surface area contributed by atoms with Crippen molar-refractivity contribution in [2.45, 2.75) is 38.3 Å². The summed E-state index contributed by atoms with van der Waals surface area (Å²) in [6, 6.07) is 31.1. The van der Waals surface area contributed by atoms with Crippen LogP contribution >= 0.6 is 0 Å². The van der Waals surface area contributed by atoms with Crippen LogP contribution in [0.15, 0.2) is 103 Å². The van der Waals surface area contributed by atoms with Crippen LogP contribution in [0, 0.1) is 10.8 Å². The number of likely N-dealkylation sites (N-methyl/N-ethyl adjacent to an activating group) is 1. The average Bonchev–Trinajstić information content (AvgIpc) is 3.62. The molecule has 0 aliphatic carbocycles. The van der Waals surface area contributed by atoms with E-state index in [2.05, 4.69) is 100 Å². The van der Waals surface area contributed by atoms with Gasteiger partial charge in [-0.3, -0.25) is 10.8 Å². The highest BCUT2D eigenvalue weighted by Gasteiger charge is 2.24. The summed E-state index contributed by atoms with van der Waals surface area (Å²) in [7, 11) is 1.91. The number of rotatable bonds is 10. The van der Waals surface area contributed by atoms with Gasteiger partial charge in [-0.05, 0) is 65.9 Å². The lowest BCUT2D eigenvalue weighted by atomic mass is 10.0. The lowest BCUT2D eigenvalue weighted by Gasteiger charge is -2.31. The van der Waals surface area contributed by atoms with Gasteiger partial charge in [0.15, 0.2) is 0 Å². The van der Waals surface area contributed by atoms with Gasteiger partial charge in [-0.25, -0.2) is 0 Å². The molecule has 6 heteroatoms. The van der Waals surface area contributed by atoms with Crippen LogP contribution in [0.2, 0.25) is 0 Å². The van der Waals surface area contributed by atoms with Crippen molar-refractivity contribution < 1.29 is 0 Å². The van der Waals surface area contributed by atoms with Crippen molar-refractivity contribution in [1.29, 1.82) is 10.8 Å². The molecule has 0 unspecified atom stereocenters. The fraction of sp³-hybridized carbons (Fsp3) is 0.200. The van der Waals surface area contributed by atoms with E-state index in [1.54, 1.807) is 0 Å². The smallest absolute Gasteiger partial charge is 0.119 e. The second-order valence-electron chi connectivity index (χ2n) is 10.7. The van der Waals surface area contributed by atoms with Gasteiger partial charge in [-0.2, -0.15) is 0 Å². The lowest BCUT2D eigenvalue weighted by Crippen LogP contribution is -2.48. The number of aromatic amines is 2. The Morgan fingerprint density at radius 2 is 1.34 bits per heavy atom. The second kappa shape index (κ2) is 11.8. The quantitative estimate of drug-likeness (QED) is 0.0924. The Kier molecular flexibility index (Phi) is 7.65. The fourth-order valence-electron chi connectivity index (χ4n) is 5.89. The average molecular weight is 541 g/mol. The zero-order chi connectivity index (χ0) is 28.2. The minimum atomic E-state index is -0.238. The van der Waals surface area contributed by atoms with Gasteiger partial charge in [0.2, 0.25) is 0 Å². The first kappa shape index (κ1) is 26.5. The zero-order valence-electron chi connectivity index (χ0n) is 23.4. The maximum Gasteiger partial charge on any atom is 0.119 e. The molecule has 1 atom stereocenters. The molecular formula is C35H36N6. The summed E-state index contributed by atoms with van der Waals surface area (Å²) in [6.45, 7) is 0.484. The number of fused-ring (bicyclic) bond motifs is 3. The Morgan fingerprint density at radius 1 is 0.732 bits per heavy atom. The monoisotopic (exact) mass is 540 g/mol. The summed E-state index contributed by atoms with van der Waals surface area (Å²) in [4.78, 5) is 8.64. The summed E-state index contributed by atoms with van der Waals surface area (Å²) < 4.78 is 0. The van der Waals surface area contributed by atoms with E-state index in [0.29, 0.717) is 31.1 Å². The Bertz CT molecular complexity index is 1820. The van der Waals surface area contributed by atoms with Crippen LogP contribution < -0.4 is 5.32 Å². The van der Waals surface area contributed by atoms with Crippen LogP contribution in [0.1, 0.15) is 29.5 Å². The molecule has 41 heavy (non-hydrogen) atoms. The number of aromatic nitrogens is 2. The van der Waals surface area contributed by atoms with Crippen molar-refractivity contribution in [3.05, 3.63) is 120 Å². The van der Waals surface area contributed by atoms with Gasteiger partial charge < -0.3 is 20.2 Å². The molecule has 6 nitrogen and oxygen atoms in total. The number of amidine groups is 2. The summed E-state index contributed by atoms with van der Waals surface area (Å²) >= 11 is 0. The van der Waals surface area contributed by atoms with Gasteiger partial charge >= 0.3 is 0 Å². The minimum absolute atomic E-state index is 0.238. The highest BCUT2D eigenvalue weighted by Crippen LogP contribution is 2.24. The van der Waals surface area contributed by atoms with Crippen molar-refractivity contribution in [3.63, 3.8) is 0 Å². The van der Waals surface area contributed by atoms with Crippen molar-refractivity contribution in [1.82, 2.24) is 20.2 Å². The molecule has 0 saturated carbocycles. The lowest BCUT2D eigenvalue weighted by molar-refractivity contribution is 0.526. The molecule has 2 heterocycles. The Balaban J connectivity index is 1.25. The first-order chi connectivity index (χ1) is 20.1. The Hall–Kier alpha value is -4.68. The SMILES string of the molecule is CN[C@H](Cc1c[nH]c2ccccc12)C(=N)N(Cc1cccc2ccccc12)C(=N)CCCc1c[nH]c2ccccc12. The molecule has 0 amide bonds. The summed E-state index contributed by atoms with van der Waals surface area (Å²) in [6.07, 6.45) is 7.11. The fourth-order valence-corrected chi connectivity index (χ4v) is 5.89. The third-order valence-electron chi connectivity index (χ3n) is 8.14. The molecule has 0 bridgehead atoms. The molecule has 2 aromatic heterocycles. The molecule has 6 rings (SSSR count). The summed E-state index contributed by atoms with van der Waals surface area (Å²) in [5.41, 5.74) is 5.81. The van der Waals surface area contributed by atoms with E-state index in [1.807, 2.05) is 30.3 Å². The van der Waals surface area contributed by atoms with Gasteiger partial charge in [0, 0.05) is 40.6 Å². The number of H-pyrrole nitrogens is 2. The molecule has 5 N–H and O–H groups in total. The number of para-hydroxylation sites is 2. The third-order valence-corrected chi connectivity index (χ3v) is 8.14. The summed E-state index contributed by atoms with van der Waals surface area (Å²) in [5, 5.41) is 26.7. The molecule has 206 valence electrons. The molecule has 0 spiro atoms. The van der Waals surface area contributed by atoms with Crippen molar-refractivity contribution in [2.24, 2.45) is 0 Å². The number of benzene rings is 4. The maximum absolute atomic E-state index is 9.39. The van der Waals surface area contributed by atoms with Crippen molar-refractivity contribution >= 4 is 44.2 Å². The number of hydrogen-bond acceptors (Lipinski definition) is 3. The first-order valence-corrected chi connectivity index (χ1v) is 14.3. The van der Waals surface area contributed by atoms with Gasteiger partial charge in [-0.15, -0.1) is 0 Å². The van der Waals surface area contributed by atoms with Crippen LogP contribution in [0.25, 0.3) is 32.6 Å². The normalized spacial score (nSPS) is 12.2. The predicted molar refractivity (Wildman–Crippen MR) is 171 cm³/mol. The van der Waals surface area contributed by atoms with E-state index in [-0.39, 0.29) is 6.04 Å².